The molecule has 0 saturated carbocycles. The normalized spacial score (nSPS) is 13.3. The van der Waals surface area contributed by atoms with Gasteiger partial charge in [0.1, 0.15) is 6.04 Å². The molecule has 0 unspecified atom stereocenters. The quantitative estimate of drug-likeness (QED) is 0.440. The van der Waals surface area contributed by atoms with E-state index in [0.717, 1.165) is 11.7 Å². The van der Waals surface area contributed by atoms with E-state index in [2.05, 4.69) is 24.5 Å². The molecule has 112 valence electrons. The third-order valence-electron chi connectivity index (χ3n) is 2.88. The molecule has 0 amide bonds. The molecule has 1 rings (SSSR count). The summed E-state index contributed by atoms with van der Waals surface area (Å²) >= 11 is 0. The maximum absolute atomic E-state index is 12.2. The second-order valence-electron chi connectivity index (χ2n) is 6.06. The zero-order valence-corrected chi connectivity index (χ0v) is 14.1. The van der Waals surface area contributed by atoms with Crippen LogP contribution in [0, 0.1) is 0 Å². The van der Waals surface area contributed by atoms with Gasteiger partial charge < -0.3 is 9.47 Å². The lowest BCUT2D eigenvalue weighted by Crippen LogP contribution is -2.45. The highest BCUT2D eigenvalue weighted by molar-refractivity contribution is 6.76. The summed E-state index contributed by atoms with van der Waals surface area (Å²) in [5.74, 6) is -0.244. The van der Waals surface area contributed by atoms with E-state index < -0.39 is 14.1 Å². The molecule has 0 aliphatic rings. The van der Waals surface area contributed by atoms with Gasteiger partial charge in [-0.05, 0) is 11.7 Å². The fourth-order valence-electron chi connectivity index (χ4n) is 2.23. The summed E-state index contributed by atoms with van der Waals surface area (Å²) in [6.07, 6.45) is 0.871. The highest BCUT2D eigenvalue weighted by atomic mass is 28.3. The Morgan fingerprint density at radius 2 is 1.80 bits per heavy atom. The van der Waals surface area contributed by atoms with Gasteiger partial charge in [-0.15, -0.1) is 0 Å². The molecule has 0 N–H and O–H groups in total. The third-order valence-corrected chi connectivity index (χ3v) is 4.23. The van der Waals surface area contributed by atoms with Crippen molar-refractivity contribution in [2.75, 3.05) is 27.1 Å². The predicted octanol–water partition coefficient (Wildman–Crippen LogP) is 2.68. The molecule has 0 aromatic heterocycles. The predicted molar refractivity (Wildman–Crippen MR) is 83.1 cm³/mol. The molecular weight excluding hydrogens is 270 g/mol. The third kappa shape index (κ3) is 5.07. The second-order valence-corrected chi connectivity index (χ2v) is 11.5. The number of hydrogen-bond donors (Lipinski definition) is 0. The first-order valence-electron chi connectivity index (χ1n) is 6.75. The Bertz CT molecular complexity index is 417. The summed E-state index contributed by atoms with van der Waals surface area (Å²) in [6, 6.07) is 9.31. The van der Waals surface area contributed by atoms with Crippen LogP contribution in [0.15, 0.2) is 30.3 Å². The average molecular weight is 295 g/mol. The minimum atomic E-state index is -1.37. The minimum Gasteiger partial charge on any atom is -0.468 e. The van der Waals surface area contributed by atoms with Crippen LogP contribution in [0.25, 0.3) is 0 Å². The van der Waals surface area contributed by atoms with Gasteiger partial charge in [0.15, 0.2) is 0 Å². The van der Waals surface area contributed by atoms with E-state index in [1.807, 2.05) is 30.3 Å². The molecule has 4 nitrogen and oxygen atoms in total. The van der Waals surface area contributed by atoms with E-state index in [9.17, 15) is 4.79 Å². The van der Waals surface area contributed by atoms with Crippen molar-refractivity contribution in [2.45, 2.75) is 25.7 Å². The Morgan fingerprint density at radius 3 is 2.25 bits per heavy atom. The molecule has 0 saturated heterocycles. The summed E-state index contributed by atoms with van der Waals surface area (Å²) in [6.45, 7) is 7.23. The second kappa shape index (κ2) is 7.57. The van der Waals surface area contributed by atoms with E-state index in [4.69, 9.17) is 9.47 Å². The maximum atomic E-state index is 12.2. The number of nitrogens with zero attached hydrogens (tertiary/aromatic N) is 1. The molecule has 0 aliphatic carbocycles. The fourth-order valence-corrected chi connectivity index (χ4v) is 3.72. The molecule has 0 spiro atoms. The summed E-state index contributed by atoms with van der Waals surface area (Å²) < 4.78 is 10.3. The molecule has 0 bridgehead atoms. The Balaban J connectivity index is 3.08. The van der Waals surface area contributed by atoms with E-state index in [1.165, 1.54) is 7.11 Å². The fraction of sp³-hybridized carbons (Fsp3) is 0.533. The minimum absolute atomic E-state index is 0.244. The van der Waals surface area contributed by atoms with Crippen LogP contribution in [0.4, 0.5) is 0 Å². The lowest BCUT2D eigenvalue weighted by atomic mass is 10.1. The largest absolute Gasteiger partial charge is 0.468 e. The van der Waals surface area contributed by atoms with Gasteiger partial charge in [0.2, 0.25) is 0 Å². The number of esters is 1. The first-order valence-corrected chi connectivity index (χ1v) is 10.5. The Kier molecular flexibility index (Phi) is 6.39. The van der Waals surface area contributed by atoms with E-state index in [0.29, 0.717) is 6.73 Å². The van der Waals surface area contributed by atoms with Crippen LogP contribution in [0.2, 0.25) is 19.6 Å². The number of rotatable bonds is 7. The van der Waals surface area contributed by atoms with Gasteiger partial charge in [-0.2, -0.15) is 0 Å². The van der Waals surface area contributed by atoms with Crippen molar-refractivity contribution in [3.05, 3.63) is 35.9 Å². The maximum Gasteiger partial charge on any atom is 0.327 e. The summed E-state index contributed by atoms with van der Waals surface area (Å²) in [5, 5.41) is 0. The number of carbonyl (C=O) groups excluding carboxylic acids is 1. The van der Waals surface area contributed by atoms with Gasteiger partial charge in [-0.3, -0.25) is 4.90 Å². The van der Waals surface area contributed by atoms with Crippen LogP contribution in [0.1, 0.15) is 11.6 Å². The van der Waals surface area contributed by atoms with Crippen molar-refractivity contribution in [1.82, 2.24) is 4.90 Å². The van der Waals surface area contributed by atoms with E-state index in [-0.39, 0.29) is 5.97 Å². The van der Waals surface area contributed by atoms with Crippen LogP contribution >= 0.6 is 0 Å². The Labute approximate surface area is 122 Å². The lowest BCUT2D eigenvalue weighted by Gasteiger charge is -2.33. The van der Waals surface area contributed by atoms with Crippen molar-refractivity contribution in [3.8, 4) is 0 Å². The first kappa shape index (κ1) is 16.9. The summed E-state index contributed by atoms with van der Waals surface area (Å²) in [4.78, 5) is 14.3. The zero-order chi connectivity index (χ0) is 15.2. The Morgan fingerprint density at radius 1 is 1.20 bits per heavy atom. The van der Waals surface area contributed by atoms with Crippen molar-refractivity contribution in [1.29, 1.82) is 0 Å². The summed E-state index contributed by atoms with van der Waals surface area (Å²) in [7, 11) is 1.70. The molecule has 0 fully saturated rings. The monoisotopic (exact) mass is 295 g/mol. The van der Waals surface area contributed by atoms with Gasteiger partial charge in [-0.1, -0.05) is 50.0 Å². The Hall–Kier alpha value is -1.17. The molecule has 1 atom stereocenters. The highest BCUT2D eigenvalue weighted by Crippen LogP contribution is 2.23. The lowest BCUT2D eigenvalue weighted by molar-refractivity contribution is -0.149. The molecule has 0 radical (unpaired) electrons. The van der Waals surface area contributed by atoms with Crippen LogP contribution in [-0.4, -0.2) is 46.1 Å². The number of carbonyl (C=O) groups is 1. The molecule has 1 aromatic carbocycles. The smallest absolute Gasteiger partial charge is 0.327 e. The summed E-state index contributed by atoms with van der Waals surface area (Å²) in [5.41, 5.74) is 0.939. The van der Waals surface area contributed by atoms with Crippen molar-refractivity contribution in [3.63, 3.8) is 0 Å². The molecule has 0 aliphatic heterocycles. The standard InChI is InChI=1S/C15H25NO3Si/c1-18-11-16(12-20(3,4)5)14(15(17)19-2)13-9-7-6-8-10-13/h6-10,14H,11-12H2,1-5H3/t14-/m1/s1. The van der Waals surface area contributed by atoms with Gasteiger partial charge in [0.25, 0.3) is 0 Å². The van der Waals surface area contributed by atoms with Crippen LogP contribution < -0.4 is 0 Å². The number of methoxy groups -OCH3 is 2. The first-order chi connectivity index (χ1) is 9.39. The molecular formula is C15H25NO3Si. The van der Waals surface area contributed by atoms with Gasteiger partial charge >= 0.3 is 5.97 Å². The molecule has 1 aromatic rings. The van der Waals surface area contributed by atoms with Gasteiger partial charge in [-0.25, -0.2) is 4.79 Å². The van der Waals surface area contributed by atoms with E-state index >= 15 is 0 Å². The van der Waals surface area contributed by atoms with Crippen molar-refractivity contribution < 1.29 is 14.3 Å². The SMILES string of the molecule is COCN(C[Si](C)(C)C)[C@@H](C(=O)OC)c1ccccc1. The molecule has 0 heterocycles. The van der Waals surface area contributed by atoms with Gasteiger partial charge in [0, 0.05) is 7.11 Å². The highest BCUT2D eigenvalue weighted by Gasteiger charge is 2.31. The zero-order valence-electron chi connectivity index (χ0n) is 13.1. The van der Waals surface area contributed by atoms with Crippen LogP contribution in [0.3, 0.4) is 0 Å². The average Bonchev–Trinajstić information content (AvgIpc) is 2.38. The number of benzene rings is 1. The number of hydrogen-bond acceptors (Lipinski definition) is 4. The number of ether oxygens (including phenoxy) is 2. The molecule has 20 heavy (non-hydrogen) atoms. The van der Waals surface area contributed by atoms with E-state index in [1.54, 1.807) is 7.11 Å². The van der Waals surface area contributed by atoms with Crippen LogP contribution in [0.5, 0.6) is 0 Å². The van der Waals surface area contributed by atoms with Gasteiger partial charge in [0.05, 0.1) is 21.9 Å². The topological polar surface area (TPSA) is 38.8 Å². The van der Waals surface area contributed by atoms with Crippen molar-refractivity contribution >= 4 is 14.0 Å². The van der Waals surface area contributed by atoms with Crippen molar-refractivity contribution in [2.24, 2.45) is 0 Å². The molecule has 5 heteroatoms. The van der Waals surface area contributed by atoms with Crippen LogP contribution in [-0.2, 0) is 14.3 Å².